The van der Waals surface area contributed by atoms with Crippen LogP contribution in [0.4, 0.5) is 5.69 Å². The second kappa shape index (κ2) is 11.2. The predicted octanol–water partition coefficient (Wildman–Crippen LogP) is 5.43. The van der Waals surface area contributed by atoms with Crippen molar-refractivity contribution in [1.82, 2.24) is 10.6 Å². The van der Waals surface area contributed by atoms with Gasteiger partial charge in [0, 0.05) is 19.2 Å². The van der Waals surface area contributed by atoms with Crippen molar-refractivity contribution in [2.24, 2.45) is 0 Å². The molecule has 6 heteroatoms. The standard InChI is InChI=1S/C29H25N3O2S/c1-32(26-15-9-8-14-25(26)28(34)30-20-21-10-4-2-5-11-21)29(35)31-27(33)24-18-16-23(17-19-24)22-12-6-3-7-13-22/h2-19H,20H2,1H3,(H,30,34)(H,31,33,35). The van der Waals surface area contributed by atoms with Gasteiger partial charge < -0.3 is 10.2 Å². The normalized spacial score (nSPS) is 10.3. The molecule has 0 aromatic heterocycles. The summed E-state index contributed by atoms with van der Waals surface area (Å²) in [6, 6.07) is 34.2. The van der Waals surface area contributed by atoms with Crippen LogP contribution in [0.1, 0.15) is 26.3 Å². The third kappa shape index (κ3) is 5.99. The lowest BCUT2D eigenvalue weighted by Gasteiger charge is -2.23. The van der Waals surface area contributed by atoms with E-state index < -0.39 is 0 Å². The molecule has 4 aromatic carbocycles. The molecule has 0 saturated heterocycles. The molecule has 0 heterocycles. The Bertz CT molecular complexity index is 1320. The molecule has 0 radical (unpaired) electrons. The molecule has 35 heavy (non-hydrogen) atoms. The van der Waals surface area contributed by atoms with E-state index in [2.05, 4.69) is 10.6 Å². The molecule has 0 unspecified atom stereocenters. The molecule has 0 bridgehead atoms. The molecule has 174 valence electrons. The molecule has 0 aliphatic rings. The third-order valence-corrected chi connectivity index (χ3v) is 5.96. The number of hydrogen-bond acceptors (Lipinski definition) is 3. The van der Waals surface area contributed by atoms with Gasteiger partial charge in [-0.1, -0.05) is 84.9 Å². The summed E-state index contributed by atoms with van der Waals surface area (Å²) in [5.41, 5.74) is 4.67. The zero-order chi connectivity index (χ0) is 24.6. The van der Waals surface area contributed by atoms with Crippen LogP contribution >= 0.6 is 12.2 Å². The summed E-state index contributed by atoms with van der Waals surface area (Å²) in [5.74, 6) is -0.533. The number of thiocarbonyl (C=S) groups is 1. The van der Waals surface area contributed by atoms with Crippen molar-refractivity contribution in [3.63, 3.8) is 0 Å². The summed E-state index contributed by atoms with van der Waals surface area (Å²) in [5, 5.41) is 5.90. The van der Waals surface area contributed by atoms with Crippen LogP contribution in [0.25, 0.3) is 11.1 Å². The summed E-state index contributed by atoms with van der Waals surface area (Å²) in [6.45, 7) is 0.415. The van der Waals surface area contributed by atoms with Crippen LogP contribution in [0.3, 0.4) is 0 Å². The molecule has 2 N–H and O–H groups in total. The van der Waals surface area contributed by atoms with Gasteiger partial charge in [-0.2, -0.15) is 0 Å². The van der Waals surface area contributed by atoms with E-state index in [-0.39, 0.29) is 16.9 Å². The zero-order valence-electron chi connectivity index (χ0n) is 19.3. The van der Waals surface area contributed by atoms with Crippen LogP contribution in [-0.2, 0) is 6.54 Å². The lowest BCUT2D eigenvalue weighted by Crippen LogP contribution is -2.41. The van der Waals surface area contributed by atoms with Crippen molar-refractivity contribution >= 4 is 34.8 Å². The van der Waals surface area contributed by atoms with Gasteiger partial charge in [-0.05, 0) is 53.2 Å². The van der Waals surface area contributed by atoms with Crippen molar-refractivity contribution in [1.29, 1.82) is 0 Å². The Balaban J connectivity index is 1.42. The quantitative estimate of drug-likeness (QED) is 0.362. The largest absolute Gasteiger partial charge is 0.348 e. The number of amides is 2. The van der Waals surface area contributed by atoms with Gasteiger partial charge in [0.25, 0.3) is 11.8 Å². The summed E-state index contributed by atoms with van der Waals surface area (Å²) >= 11 is 5.49. The van der Waals surface area contributed by atoms with Crippen molar-refractivity contribution in [3.8, 4) is 11.1 Å². The predicted molar refractivity (Wildman–Crippen MR) is 144 cm³/mol. The van der Waals surface area contributed by atoms with E-state index in [1.54, 1.807) is 42.3 Å². The molecule has 0 spiro atoms. The Morgan fingerprint density at radius 1 is 0.714 bits per heavy atom. The number of carbonyl (C=O) groups is 2. The summed E-state index contributed by atoms with van der Waals surface area (Å²) in [7, 11) is 1.73. The first kappa shape index (κ1) is 23.9. The molecule has 0 fully saturated rings. The smallest absolute Gasteiger partial charge is 0.257 e. The van der Waals surface area contributed by atoms with Gasteiger partial charge in [0.1, 0.15) is 0 Å². The number of rotatable bonds is 6. The maximum atomic E-state index is 12.9. The molecule has 0 aliphatic carbocycles. The maximum absolute atomic E-state index is 12.9. The first-order chi connectivity index (χ1) is 17.0. The van der Waals surface area contributed by atoms with Gasteiger partial charge in [0.2, 0.25) is 0 Å². The van der Waals surface area contributed by atoms with E-state index in [0.29, 0.717) is 23.4 Å². The van der Waals surface area contributed by atoms with Crippen LogP contribution in [0.15, 0.2) is 109 Å². The number of nitrogens with one attached hydrogen (secondary N) is 2. The number of carbonyl (C=O) groups excluding carboxylic acids is 2. The number of para-hydroxylation sites is 1. The number of hydrogen-bond donors (Lipinski definition) is 2. The van der Waals surface area contributed by atoms with E-state index >= 15 is 0 Å². The van der Waals surface area contributed by atoms with Crippen molar-refractivity contribution in [2.45, 2.75) is 6.54 Å². The molecule has 0 atom stereocenters. The van der Waals surface area contributed by atoms with Gasteiger partial charge in [-0.3, -0.25) is 14.9 Å². The fraction of sp³-hybridized carbons (Fsp3) is 0.0690. The first-order valence-electron chi connectivity index (χ1n) is 11.2. The van der Waals surface area contributed by atoms with Crippen molar-refractivity contribution in [2.75, 3.05) is 11.9 Å². The second-order valence-electron chi connectivity index (χ2n) is 7.95. The fourth-order valence-corrected chi connectivity index (χ4v) is 3.83. The second-order valence-corrected chi connectivity index (χ2v) is 8.33. The molecule has 4 aromatic rings. The Morgan fingerprint density at radius 3 is 1.97 bits per heavy atom. The fourth-order valence-electron chi connectivity index (χ4n) is 3.64. The minimum Gasteiger partial charge on any atom is -0.348 e. The Hall–Kier alpha value is -4.29. The molecular formula is C29H25N3O2S. The lowest BCUT2D eigenvalue weighted by atomic mass is 10.0. The average molecular weight is 480 g/mol. The zero-order valence-corrected chi connectivity index (χ0v) is 20.1. The van der Waals surface area contributed by atoms with Gasteiger partial charge in [0.05, 0.1) is 11.3 Å². The van der Waals surface area contributed by atoms with Crippen molar-refractivity contribution in [3.05, 3.63) is 126 Å². The van der Waals surface area contributed by atoms with E-state index in [9.17, 15) is 9.59 Å². The van der Waals surface area contributed by atoms with Gasteiger partial charge >= 0.3 is 0 Å². The number of benzene rings is 4. The SMILES string of the molecule is CN(C(=S)NC(=O)c1ccc(-c2ccccc2)cc1)c1ccccc1C(=O)NCc1ccccc1. The Labute approximate surface area is 210 Å². The number of anilines is 1. The van der Waals surface area contributed by atoms with Gasteiger partial charge in [0.15, 0.2) is 5.11 Å². The minimum absolute atomic E-state index is 0.199. The van der Waals surface area contributed by atoms with Crippen molar-refractivity contribution < 1.29 is 9.59 Å². The average Bonchev–Trinajstić information content (AvgIpc) is 2.92. The van der Waals surface area contributed by atoms with Crippen LogP contribution in [-0.4, -0.2) is 24.0 Å². The Kier molecular flexibility index (Phi) is 7.65. The van der Waals surface area contributed by atoms with Crippen LogP contribution in [0.2, 0.25) is 0 Å². The Morgan fingerprint density at radius 2 is 1.29 bits per heavy atom. The highest BCUT2D eigenvalue weighted by Crippen LogP contribution is 2.21. The highest BCUT2D eigenvalue weighted by Gasteiger charge is 2.18. The number of nitrogens with zero attached hydrogens (tertiary/aromatic N) is 1. The summed E-state index contributed by atoms with van der Waals surface area (Å²) in [6.07, 6.45) is 0. The molecule has 2 amide bonds. The van der Waals surface area contributed by atoms with Gasteiger partial charge in [-0.25, -0.2) is 0 Å². The minimum atomic E-state index is -0.313. The maximum Gasteiger partial charge on any atom is 0.257 e. The summed E-state index contributed by atoms with van der Waals surface area (Å²) < 4.78 is 0. The van der Waals surface area contributed by atoms with Crippen LogP contribution < -0.4 is 15.5 Å². The lowest BCUT2D eigenvalue weighted by molar-refractivity contribution is 0.0950. The molecular weight excluding hydrogens is 454 g/mol. The first-order valence-corrected chi connectivity index (χ1v) is 11.6. The van der Waals surface area contributed by atoms with Crippen LogP contribution in [0, 0.1) is 0 Å². The molecule has 0 aliphatic heterocycles. The molecule has 0 saturated carbocycles. The topological polar surface area (TPSA) is 61.4 Å². The van der Waals surface area contributed by atoms with E-state index in [1.165, 1.54) is 0 Å². The monoisotopic (exact) mass is 479 g/mol. The van der Waals surface area contributed by atoms with E-state index in [0.717, 1.165) is 16.7 Å². The van der Waals surface area contributed by atoms with Crippen LogP contribution in [0.5, 0.6) is 0 Å². The summed E-state index contributed by atoms with van der Waals surface area (Å²) in [4.78, 5) is 27.3. The highest BCUT2D eigenvalue weighted by atomic mass is 32.1. The molecule has 4 rings (SSSR count). The van der Waals surface area contributed by atoms with Gasteiger partial charge in [-0.15, -0.1) is 0 Å². The highest BCUT2D eigenvalue weighted by molar-refractivity contribution is 7.80. The van der Waals surface area contributed by atoms with E-state index in [1.807, 2.05) is 78.9 Å². The van der Waals surface area contributed by atoms with E-state index in [4.69, 9.17) is 12.2 Å². The third-order valence-electron chi connectivity index (χ3n) is 5.59. The molecule has 5 nitrogen and oxygen atoms in total.